The maximum Gasteiger partial charge on any atom is 0.472 e. The molecule has 12 heteroatoms. The lowest BCUT2D eigenvalue weighted by Crippen LogP contribution is -2.34. The van der Waals surface area contributed by atoms with E-state index in [0.717, 1.165) is 51.4 Å². The molecule has 0 bridgehead atoms. The topological polar surface area (TPSA) is 172 Å². The fourth-order valence-corrected chi connectivity index (χ4v) is 4.01. The summed E-state index contributed by atoms with van der Waals surface area (Å²) in [4.78, 5) is 44.9. The third kappa shape index (κ3) is 25.2. The molecule has 240 valence electrons. The first-order valence-corrected chi connectivity index (χ1v) is 16.2. The molecular weight excluding hydrogens is 565 g/mol. The molecule has 0 fully saturated rings. The zero-order valence-electron chi connectivity index (χ0n) is 25.1. The van der Waals surface area contributed by atoms with Gasteiger partial charge in [-0.25, -0.2) is 4.57 Å². The summed E-state index contributed by atoms with van der Waals surface area (Å²) in [6.45, 7) is 2.38. The molecule has 3 atom stereocenters. The molecule has 0 rings (SSSR count). The number of phosphoric ester groups is 1. The van der Waals surface area contributed by atoms with E-state index in [4.69, 9.17) is 24.8 Å². The molecule has 0 saturated carbocycles. The smallest absolute Gasteiger partial charge is 0.472 e. The van der Waals surface area contributed by atoms with E-state index in [0.29, 0.717) is 12.8 Å². The Balaban J connectivity index is 4.51. The molecule has 0 amide bonds. The van der Waals surface area contributed by atoms with Crippen LogP contribution in [-0.4, -0.2) is 59.9 Å². The van der Waals surface area contributed by atoms with Crippen LogP contribution >= 0.6 is 7.82 Å². The van der Waals surface area contributed by atoms with Gasteiger partial charge in [0, 0.05) is 12.8 Å². The number of ether oxygens (including phenoxy) is 2. The lowest BCUT2D eigenvalue weighted by atomic mass is 10.2. The van der Waals surface area contributed by atoms with Crippen molar-refractivity contribution in [1.29, 1.82) is 0 Å². The quantitative estimate of drug-likeness (QED) is 0.0455. The van der Waals surface area contributed by atoms with E-state index in [2.05, 4.69) is 60.1 Å². The number of nitrogens with two attached hydrogens (primary N) is 1. The summed E-state index contributed by atoms with van der Waals surface area (Å²) in [7, 11) is -4.70. The monoisotopic (exact) mass is 615 g/mol. The Morgan fingerprint density at radius 1 is 0.762 bits per heavy atom. The van der Waals surface area contributed by atoms with E-state index in [1.165, 1.54) is 0 Å². The largest absolute Gasteiger partial charge is 0.480 e. The van der Waals surface area contributed by atoms with Gasteiger partial charge in [0.2, 0.25) is 0 Å². The molecule has 42 heavy (non-hydrogen) atoms. The van der Waals surface area contributed by atoms with Gasteiger partial charge < -0.3 is 25.2 Å². The lowest BCUT2D eigenvalue weighted by Gasteiger charge is -2.20. The molecule has 0 spiro atoms. The second-order valence-electron chi connectivity index (χ2n) is 9.50. The number of phosphoric acid groups is 1. The summed E-state index contributed by atoms with van der Waals surface area (Å²) in [5.74, 6) is -2.48. The predicted molar refractivity (Wildman–Crippen MR) is 161 cm³/mol. The van der Waals surface area contributed by atoms with Crippen molar-refractivity contribution < 1.29 is 47.5 Å². The van der Waals surface area contributed by atoms with E-state index in [1.54, 1.807) is 0 Å². The first-order chi connectivity index (χ1) is 20.1. The van der Waals surface area contributed by atoms with E-state index in [-0.39, 0.29) is 19.4 Å². The lowest BCUT2D eigenvalue weighted by molar-refractivity contribution is -0.161. The minimum atomic E-state index is -4.70. The molecule has 3 unspecified atom stereocenters. The minimum Gasteiger partial charge on any atom is -0.480 e. The number of hydrogen-bond donors (Lipinski definition) is 3. The van der Waals surface area contributed by atoms with Crippen LogP contribution in [-0.2, 0) is 37.5 Å². The van der Waals surface area contributed by atoms with Crippen LogP contribution in [0.2, 0.25) is 0 Å². The first-order valence-electron chi connectivity index (χ1n) is 14.7. The SMILES string of the molecule is CC/C=C\C/C=C\C/C=C\C/C=C\CCCCC(=O)OC(COC(=O)CCCCC)COP(=O)(O)OCC(N)C(=O)O. The molecule has 11 nitrogen and oxygen atoms in total. The van der Waals surface area contributed by atoms with Gasteiger partial charge in [0.25, 0.3) is 0 Å². The van der Waals surface area contributed by atoms with Gasteiger partial charge in [-0.15, -0.1) is 0 Å². The fraction of sp³-hybridized carbons (Fsp3) is 0.633. The summed E-state index contributed by atoms with van der Waals surface area (Å²) in [5, 5.41) is 8.77. The van der Waals surface area contributed by atoms with E-state index >= 15 is 0 Å². The number of hydrogen-bond acceptors (Lipinski definition) is 9. The third-order valence-corrected chi connectivity index (χ3v) is 6.54. The van der Waals surface area contributed by atoms with E-state index in [1.807, 2.05) is 6.92 Å². The Labute approximate surface area is 250 Å². The molecule has 0 aliphatic heterocycles. The predicted octanol–water partition coefficient (Wildman–Crippen LogP) is 5.93. The van der Waals surface area contributed by atoms with Crippen molar-refractivity contribution in [3.63, 3.8) is 0 Å². The second-order valence-corrected chi connectivity index (χ2v) is 11.0. The van der Waals surface area contributed by atoms with E-state index in [9.17, 15) is 23.8 Å². The Kier molecular flexibility index (Phi) is 24.5. The number of rotatable bonds is 26. The van der Waals surface area contributed by atoms with Crippen molar-refractivity contribution in [3.05, 3.63) is 48.6 Å². The fourth-order valence-electron chi connectivity index (χ4n) is 3.23. The van der Waals surface area contributed by atoms with Crippen LogP contribution in [0.4, 0.5) is 0 Å². The summed E-state index contributed by atoms with van der Waals surface area (Å²) >= 11 is 0. The maximum absolute atomic E-state index is 12.4. The standard InChI is InChI=1S/C30H50NO10P/c1-3-5-7-8-9-10-11-12-13-14-15-16-17-18-20-22-29(33)41-26(23-38-28(32)21-19-6-4-2)24-39-42(36,37)40-25-27(31)30(34)35/h5,7,9-10,12-13,15-16,26-27H,3-4,6,8,11,14,17-25,31H2,1-2H3,(H,34,35)(H,36,37)/b7-5-,10-9-,13-12-,16-15-. The summed E-state index contributed by atoms with van der Waals surface area (Å²) in [5.41, 5.74) is 5.26. The average molecular weight is 616 g/mol. The molecular formula is C30H50NO10P. The van der Waals surface area contributed by atoms with Gasteiger partial charge in [-0.1, -0.05) is 75.3 Å². The van der Waals surface area contributed by atoms with Gasteiger partial charge in [-0.3, -0.25) is 23.4 Å². The summed E-state index contributed by atoms with van der Waals surface area (Å²) in [6, 6.07) is -1.52. The van der Waals surface area contributed by atoms with Crippen LogP contribution in [0, 0.1) is 0 Å². The van der Waals surface area contributed by atoms with Gasteiger partial charge in [0.15, 0.2) is 6.10 Å². The number of carboxylic acid groups (broad SMARTS) is 1. The average Bonchev–Trinajstić information content (AvgIpc) is 2.95. The first kappa shape index (κ1) is 39.4. The molecule has 0 aliphatic rings. The van der Waals surface area contributed by atoms with Gasteiger partial charge in [0.05, 0.1) is 13.2 Å². The Morgan fingerprint density at radius 3 is 1.90 bits per heavy atom. The van der Waals surface area contributed by atoms with Crippen molar-refractivity contribution in [2.24, 2.45) is 5.73 Å². The summed E-state index contributed by atoms with van der Waals surface area (Å²) in [6.07, 6.45) is 24.4. The highest BCUT2D eigenvalue weighted by atomic mass is 31.2. The number of aliphatic carboxylic acids is 1. The van der Waals surface area contributed by atoms with Crippen molar-refractivity contribution in [2.75, 3.05) is 19.8 Å². The van der Waals surface area contributed by atoms with Crippen molar-refractivity contribution >= 4 is 25.7 Å². The third-order valence-electron chi connectivity index (χ3n) is 5.59. The molecule has 0 aromatic carbocycles. The Morgan fingerprint density at radius 2 is 1.31 bits per heavy atom. The molecule has 0 aromatic heterocycles. The Hall–Kier alpha value is -2.56. The molecule has 0 aromatic rings. The highest BCUT2D eigenvalue weighted by molar-refractivity contribution is 7.47. The molecule has 0 radical (unpaired) electrons. The van der Waals surface area contributed by atoms with E-state index < -0.39 is 51.1 Å². The Bertz CT molecular complexity index is 916. The number of carbonyl (C=O) groups excluding carboxylic acids is 2. The second kappa shape index (κ2) is 26.1. The number of allylic oxidation sites excluding steroid dienone is 8. The van der Waals surface area contributed by atoms with Crippen LogP contribution in [0.5, 0.6) is 0 Å². The zero-order chi connectivity index (χ0) is 31.5. The highest BCUT2D eigenvalue weighted by Gasteiger charge is 2.28. The minimum absolute atomic E-state index is 0.106. The van der Waals surface area contributed by atoms with Crippen LogP contribution in [0.15, 0.2) is 48.6 Å². The van der Waals surface area contributed by atoms with Crippen molar-refractivity contribution in [3.8, 4) is 0 Å². The van der Waals surface area contributed by atoms with Gasteiger partial charge in [-0.2, -0.15) is 0 Å². The van der Waals surface area contributed by atoms with Crippen LogP contribution < -0.4 is 5.73 Å². The number of esters is 2. The zero-order valence-corrected chi connectivity index (χ0v) is 26.0. The van der Waals surface area contributed by atoms with Gasteiger partial charge >= 0.3 is 25.7 Å². The molecule has 4 N–H and O–H groups in total. The maximum atomic E-state index is 12.4. The summed E-state index contributed by atoms with van der Waals surface area (Å²) < 4.78 is 32.0. The molecule has 0 aliphatic carbocycles. The normalized spacial score (nSPS) is 15.0. The number of carboxylic acids is 1. The van der Waals surface area contributed by atoms with Crippen molar-refractivity contribution in [1.82, 2.24) is 0 Å². The van der Waals surface area contributed by atoms with Crippen LogP contribution in [0.25, 0.3) is 0 Å². The number of unbranched alkanes of at least 4 members (excludes halogenated alkanes) is 4. The van der Waals surface area contributed by atoms with Crippen LogP contribution in [0.3, 0.4) is 0 Å². The van der Waals surface area contributed by atoms with Crippen LogP contribution in [0.1, 0.15) is 90.9 Å². The highest BCUT2D eigenvalue weighted by Crippen LogP contribution is 2.43. The van der Waals surface area contributed by atoms with Gasteiger partial charge in [-0.05, 0) is 51.4 Å². The van der Waals surface area contributed by atoms with Crippen molar-refractivity contribution in [2.45, 2.75) is 103 Å². The number of carbonyl (C=O) groups is 3. The molecule has 0 heterocycles. The molecule has 0 saturated heterocycles. The van der Waals surface area contributed by atoms with Gasteiger partial charge in [0.1, 0.15) is 12.6 Å².